The molecule has 0 saturated carbocycles. The molecular weight excluding hydrogens is 165 g/mol. The first kappa shape index (κ1) is 13.5. The minimum Gasteiger partial charge on any atom is -0.656 e. The second-order valence-corrected chi connectivity index (χ2v) is 3.38. The summed E-state index contributed by atoms with van der Waals surface area (Å²) in [4.78, 5) is 0. The van der Waals surface area contributed by atoms with Crippen molar-refractivity contribution in [1.29, 1.82) is 0 Å². The van der Waals surface area contributed by atoms with Crippen LogP contribution in [0.15, 0.2) is 30.8 Å². The predicted molar refractivity (Wildman–Crippen MR) is 58.7 cm³/mol. The van der Waals surface area contributed by atoms with Crippen molar-refractivity contribution < 1.29 is 18.9 Å². The maximum absolute atomic E-state index is 4.42. The van der Waals surface area contributed by atoms with Gasteiger partial charge in [-0.2, -0.15) is 0 Å². The van der Waals surface area contributed by atoms with Gasteiger partial charge in [0.25, 0.3) is 0 Å². The van der Waals surface area contributed by atoms with E-state index in [4.69, 9.17) is 0 Å². The molecule has 0 fully saturated rings. The molecule has 0 amide bonds. The van der Waals surface area contributed by atoms with Gasteiger partial charge in [0.15, 0.2) is 0 Å². The summed E-state index contributed by atoms with van der Waals surface area (Å²) in [6.07, 6.45) is 1.85. The summed E-state index contributed by atoms with van der Waals surface area (Å²) in [5, 5.41) is 4.42. The van der Waals surface area contributed by atoms with Gasteiger partial charge in [-0.15, -0.1) is 12.6 Å². The summed E-state index contributed by atoms with van der Waals surface area (Å²) in [7, 11) is 0. The van der Waals surface area contributed by atoms with Gasteiger partial charge in [-0.1, -0.05) is 56.3 Å². The third kappa shape index (κ3) is 4.67. The average molecular weight is 181 g/mol. The minimum atomic E-state index is 0. The maximum atomic E-state index is 4.42. The van der Waals surface area contributed by atoms with Gasteiger partial charge < -0.3 is 5.32 Å². The van der Waals surface area contributed by atoms with E-state index in [0.29, 0.717) is 6.04 Å². The van der Waals surface area contributed by atoms with E-state index in [1.54, 1.807) is 0 Å². The van der Waals surface area contributed by atoms with Gasteiger partial charge in [-0.05, 0) is 5.56 Å². The van der Waals surface area contributed by atoms with Crippen LogP contribution in [0, 0.1) is 0 Å². The van der Waals surface area contributed by atoms with Crippen LogP contribution in [0.5, 0.6) is 0 Å². The largest absolute Gasteiger partial charge is 1.00 e. The molecule has 0 saturated heterocycles. The Kier molecular flexibility index (Phi) is 6.66. The molecule has 0 unspecified atom stereocenters. The van der Waals surface area contributed by atoms with Crippen LogP contribution in [0.1, 0.15) is 25.0 Å². The van der Waals surface area contributed by atoms with Gasteiger partial charge in [-0.25, -0.2) is 0 Å². The van der Waals surface area contributed by atoms with Crippen LogP contribution in [0.4, 0.5) is 0 Å². The summed E-state index contributed by atoms with van der Waals surface area (Å²) in [5.74, 6) is 0. The van der Waals surface area contributed by atoms with Crippen molar-refractivity contribution in [2.24, 2.45) is 0 Å². The Labute approximate surface area is 98.8 Å². The zero-order valence-corrected chi connectivity index (χ0v) is 9.33. The SMILES string of the molecule is C=Cc1ccc(C[N-]C(C)C)cc1.[Li+]. The fourth-order valence-corrected chi connectivity index (χ4v) is 1.05. The van der Waals surface area contributed by atoms with Crippen LogP contribution in [0.25, 0.3) is 11.4 Å². The third-order valence-electron chi connectivity index (χ3n) is 1.85. The molecule has 0 aliphatic heterocycles. The summed E-state index contributed by atoms with van der Waals surface area (Å²) < 4.78 is 0. The van der Waals surface area contributed by atoms with Crippen LogP contribution in [0.3, 0.4) is 0 Å². The average Bonchev–Trinajstić information content (AvgIpc) is 2.15. The van der Waals surface area contributed by atoms with E-state index in [-0.39, 0.29) is 18.9 Å². The van der Waals surface area contributed by atoms with E-state index in [1.165, 1.54) is 5.56 Å². The van der Waals surface area contributed by atoms with Crippen molar-refractivity contribution in [1.82, 2.24) is 0 Å². The number of rotatable bonds is 4. The fraction of sp³-hybridized carbons (Fsp3) is 0.333. The minimum absolute atomic E-state index is 0. The van der Waals surface area contributed by atoms with Gasteiger partial charge >= 0.3 is 18.9 Å². The molecule has 70 valence electrons. The maximum Gasteiger partial charge on any atom is 1.00 e. The number of benzene rings is 1. The molecule has 14 heavy (non-hydrogen) atoms. The summed E-state index contributed by atoms with van der Waals surface area (Å²) >= 11 is 0. The Morgan fingerprint density at radius 3 is 2.29 bits per heavy atom. The standard InChI is InChI=1S/C12H16N.Li/c1-4-11-5-7-12(8-6-11)9-13-10(2)3;/h4-8,10H,1,9H2,2-3H3;/q-1;+1. The van der Waals surface area contributed by atoms with E-state index in [9.17, 15) is 0 Å². The third-order valence-corrected chi connectivity index (χ3v) is 1.85. The van der Waals surface area contributed by atoms with E-state index in [2.05, 4.69) is 50.0 Å². The van der Waals surface area contributed by atoms with Gasteiger partial charge in [0.2, 0.25) is 0 Å². The summed E-state index contributed by atoms with van der Waals surface area (Å²) in [6.45, 7) is 8.72. The van der Waals surface area contributed by atoms with E-state index >= 15 is 0 Å². The molecule has 1 aromatic carbocycles. The number of hydrogen-bond acceptors (Lipinski definition) is 0. The zero-order chi connectivity index (χ0) is 9.68. The first-order valence-corrected chi connectivity index (χ1v) is 4.60. The summed E-state index contributed by atoms with van der Waals surface area (Å²) in [6, 6.07) is 8.75. The molecular formula is C12H16LiN. The zero-order valence-electron chi connectivity index (χ0n) is 9.33. The van der Waals surface area contributed by atoms with Crippen molar-refractivity contribution in [3.63, 3.8) is 0 Å². The molecule has 0 aliphatic carbocycles. The molecule has 1 nitrogen and oxygen atoms in total. The molecule has 0 aliphatic rings. The van der Waals surface area contributed by atoms with E-state index in [0.717, 1.165) is 12.1 Å². The van der Waals surface area contributed by atoms with Crippen LogP contribution in [-0.4, -0.2) is 6.04 Å². The van der Waals surface area contributed by atoms with Crippen LogP contribution < -0.4 is 18.9 Å². The van der Waals surface area contributed by atoms with Crippen molar-refractivity contribution in [2.75, 3.05) is 0 Å². The molecule has 0 radical (unpaired) electrons. The Morgan fingerprint density at radius 1 is 1.29 bits per heavy atom. The fourth-order valence-electron chi connectivity index (χ4n) is 1.05. The van der Waals surface area contributed by atoms with Crippen LogP contribution in [-0.2, 0) is 6.54 Å². The van der Waals surface area contributed by atoms with Crippen LogP contribution >= 0.6 is 0 Å². The quantitative estimate of drug-likeness (QED) is 0.604. The molecule has 0 aromatic heterocycles. The molecule has 1 aromatic rings. The molecule has 0 bridgehead atoms. The van der Waals surface area contributed by atoms with Gasteiger partial charge in [0.1, 0.15) is 0 Å². The Bertz CT molecular complexity index is 264. The Hall–Kier alpha value is -0.483. The van der Waals surface area contributed by atoms with Crippen molar-refractivity contribution in [3.8, 4) is 0 Å². The number of nitrogens with zero attached hydrogens (tertiary/aromatic N) is 1. The second kappa shape index (κ2) is 6.90. The Morgan fingerprint density at radius 2 is 1.86 bits per heavy atom. The first-order valence-electron chi connectivity index (χ1n) is 4.60. The molecule has 0 atom stereocenters. The van der Waals surface area contributed by atoms with Gasteiger partial charge in [0, 0.05) is 0 Å². The Balaban J connectivity index is 0.00000169. The predicted octanol–water partition coefficient (Wildman–Crippen LogP) is 0.616. The van der Waals surface area contributed by atoms with Crippen molar-refractivity contribution >= 4 is 6.08 Å². The van der Waals surface area contributed by atoms with Crippen molar-refractivity contribution in [3.05, 3.63) is 47.3 Å². The van der Waals surface area contributed by atoms with E-state index < -0.39 is 0 Å². The molecule has 0 spiro atoms. The molecule has 0 N–H and O–H groups in total. The van der Waals surface area contributed by atoms with Crippen molar-refractivity contribution in [2.45, 2.75) is 26.4 Å². The monoisotopic (exact) mass is 181 g/mol. The number of hydrogen-bond donors (Lipinski definition) is 0. The van der Waals surface area contributed by atoms with Gasteiger partial charge in [0.05, 0.1) is 0 Å². The first-order chi connectivity index (χ1) is 6.22. The van der Waals surface area contributed by atoms with Gasteiger partial charge in [-0.3, -0.25) is 0 Å². The van der Waals surface area contributed by atoms with E-state index in [1.807, 2.05) is 6.08 Å². The smallest absolute Gasteiger partial charge is 0.656 e. The normalized spacial score (nSPS) is 9.64. The molecule has 1 rings (SSSR count). The summed E-state index contributed by atoms with van der Waals surface area (Å²) in [5.41, 5.74) is 2.42. The molecule has 2 heteroatoms. The van der Waals surface area contributed by atoms with Crippen LogP contribution in [0.2, 0.25) is 0 Å². The topological polar surface area (TPSA) is 14.1 Å². The molecule has 0 heterocycles. The second-order valence-electron chi connectivity index (χ2n) is 3.38.